The molecule has 0 saturated heterocycles. The number of nitrogens with one attached hydrogen (secondary N) is 1. The van der Waals surface area contributed by atoms with E-state index in [1.807, 2.05) is 54.6 Å². The van der Waals surface area contributed by atoms with Gasteiger partial charge < -0.3 is 9.40 Å². The van der Waals surface area contributed by atoms with Crippen molar-refractivity contribution in [2.75, 3.05) is 0 Å². The number of benzene rings is 2. The van der Waals surface area contributed by atoms with E-state index in [0.29, 0.717) is 5.82 Å². The number of imidazole rings is 1. The molecule has 5 heteroatoms. The molecule has 0 amide bonds. The Morgan fingerprint density at radius 1 is 0.769 bits per heavy atom. The highest BCUT2D eigenvalue weighted by atomic mass is 16.3. The third kappa shape index (κ3) is 1.77. The van der Waals surface area contributed by atoms with E-state index < -0.39 is 0 Å². The molecule has 5 nitrogen and oxygen atoms in total. The van der Waals surface area contributed by atoms with Gasteiger partial charge in [-0.05, 0) is 36.4 Å². The summed E-state index contributed by atoms with van der Waals surface area (Å²) in [6.07, 6.45) is 3.58. The molecule has 0 aliphatic rings. The molecule has 0 aliphatic carbocycles. The molecule has 1 N–H and O–H groups in total. The number of nitrogens with zero attached hydrogens (tertiary/aromatic N) is 3. The molecule has 6 aromatic rings. The summed E-state index contributed by atoms with van der Waals surface area (Å²) in [4.78, 5) is 17.4. The Labute approximate surface area is 147 Å². The Kier molecular flexibility index (Phi) is 2.55. The van der Waals surface area contributed by atoms with Crippen LogP contribution < -0.4 is 0 Å². The summed E-state index contributed by atoms with van der Waals surface area (Å²) in [6, 6.07) is 17.9. The van der Waals surface area contributed by atoms with E-state index in [1.54, 1.807) is 12.4 Å². The van der Waals surface area contributed by atoms with Gasteiger partial charge in [0.05, 0.1) is 22.1 Å². The van der Waals surface area contributed by atoms with Crippen LogP contribution in [0.5, 0.6) is 0 Å². The van der Waals surface area contributed by atoms with Gasteiger partial charge in [0.25, 0.3) is 0 Å². The molecule has 0 aliphatic heterocycles. The van der Waals surface area contributed by atoms with Crippen molar-refractivity contribution in [3.8, 4) is 11.6 Å². The minimum Gasteiger partial charge on any atom is -0.453 e. The number of pyridine rings is 2. The van der Waals surface area contributed by atoms with Gasteiger partial charge in [-0.3, -0.25) is 9.97 Å². The second-order valence-electron chi connectivity index (χ2n) is 6.26. The molecule has 4 heterocycles. The second kappa shape index (κ2) is 4.89. The Balaban J connectivity index is 1.74. The van der Waals surface area contributed by atoms with E-state index in [0.717, 1.165) is 49.6 Å². The first-order valence-corrected chi connectivity index (χ1v) is 8.38. The quantitative estimate of drug-likeness (QED) is 0.426. The van der Waals surface area contributed by atoms with Crippen LogP contribution in [-0.2, 0) is 0 Å². The summed E-state index contributed by atoms with van der Waals surface area (Å²) >= 11 is 0. The maximum atomic E-state index is 5.98. The molecule has 2 aromatic carbocycles. The molecule has 4 aromatic heterocycles. The second-order valence-corrected chi connectivity index (χ2v) is 6.26. The molecule has 0 bridgehead atoms. The van der Waals surface area contributed by atoms with Crippen molar-refractivity contribution >= 4 is 43.8 Å². The predicted octanol–water partition coefficient (Wildman–Crippen LogP) is 5.07. The Bertz CT molecular complexity index is 1340. The van der Waals surface area contributed by atoms with Gasteiger partial charge in [0.1, 0.15) is 5.58 Å². The van der Waals surface area contributed by atoms with Crippen molar-refractivity contribution in [3.05, 3.63) is 67.0 Å². The normalized spacial score (nSPS) is 11.8. The van der Waals surface area contributed by atoms with Gasteiger partial charge >= 0.3 is 0 Å². The summed E-state index contributed by atoms with van der Waals surface area (Å²) in [5.74, 6) is 1.43. The lowest BCUT2D eigenvalue weighted by molar-refractivity contribution is 0.627. The number of rotatable bonds is 1. The number of para-hydroxylation sites is 1. The van der Waals surface area contributed by atoms with Gasteiger partial charge in [-0.15, -0.1) is 0 Å². The fourth-order valence-electron chi connectivity index (χ4n) is 3.56. The standard InChI is InChI=1S/C21H12N4O/c1-2-8-15-12(5-1)11-16(26-15)21-24-19-13-6-3-9-22-17(13)18-14(20(19)25-21)7-4-10-23-18/h1-11H,(H,24,25). The van der Waals surface area contributed by atoms with Crippen LogP contribution in [0.1, 0.15) is 0 Å². The molecule has 0 spiro atoms. The molecule has 0 atom stereocenters. The van der Waals surface area contributed by atoms with Gasteiger partial charge in [0, 0.05) is 28.6 Å². The van der Waals surface area contributed by atoms with Gasteiger partial charge in [0.15, 0.2) is 11.6 Å². The lowest BCUT2D eigenvalue weighted by Gasteiger charge is -2.03. The highest BCUT2D eigenvalue weighted by molar-refractivity contribution is 6.21. The van der Waals surface area contributed by atoms with Crippen LogP contribution >= 0.6 is 0 Å². The minimum atomic E-state index is 0.706. The van der Waals surface area contributed by atoms with Gasteiger partial charge in [0.2, 0.25) is 0 Å². The SMILES string of the molecule is c1ccc2oc(-c3nc4c5cccnc5c5ncccc5c4[nH]3)cc2c1. The van der Waals surface area contributed by atoms with Crippen molar-refractivity contribution in [1.82, 2.24) is 19.9 Å². The van der Waals surface area contributed by atoms with Crippen molar-refractivity contribution in [1.29, 1.82) is 0 Å². The van der Waals surface area contributed by atoms with E-state index in [1.165, 1.54) is 0 Å². The van der Waals surface area contributed by atoms with Crippen molar-refractivity contribution in [2.45, 2.75) is 0 Å². The number of H-pyrrole nitrogens is 1. The first kappa shape index (κ1) is 13.5. The number of hydrogen-bond donors (Lipinski definition) is 1. The highest BCUT2D eigenvalue weighted by Crippen LogP contribution is 2.34. The van der Waals surface area contributed by atoms with Crippen molar-refractivity contribution in [2.24, 2.45) is 0 Å². The number of aromatic nitrogens is 4. The van der Waals surface area contributed by atoms with Gasteiger partial charge in [-0.25, -0.2) is 4.98 Å². The minimum absolute atomic E-state index is 0.706. The molecule has 0 unspecified atom stereocenters. The fourth-order valence-corrected chi connectivity index (χ4v) is 3.56. The zero-order valence-electron chi connectivity index (χ0n) is 13.6. The third-order valence-corrected chi connectivity index (χ3v) is 4.73. The van der Waals surface area contributed by atoms with Crippen LogP contribution in [0.4, 0.5) is 0 Å². The van der Waals surface area contributed by atoms with Crippen LogP contribution in [0.2, 0.25) is 0 Å². The van der Waals surface area contributed by atoms with E-state index in [-0.39, 0.29) is 0 Å². The number of furan rings is 1. The lowest BCUT2D eigenvalue weighted by atomic mass is 10.1. The summed E-state index contributed by atoms with van der Waals surface area (Å²) in [5.41, 5.74) is 4.41. The molecule has 26 heavy (non-hydrogen) atoms. The molecule has 0 radical (unpaired) electrons. The van der Waals surface area contributed by atoms with E-state index >= 15 is 0 Å². The first-order valence-electron chi connectivity index (χ1n) is 8.38. The van der Waals surface area contributed by atoms with Crippen LogP contribution in [0.25, 0.3) is 55.4 Å². The average Bonchev–Trinajstić information content (AvgIpc) is 3.33. The monoisotopic (exact) mass is 336 g/mol. The summed E-state index contributed by atoms with van der Waals surface area (Å²) < 4.78 is 5.98. The van der Waals surface area contributed by atoms with Crippen molar-refractivity contribution in [3.63, 3.8) is 0 Å². The number of aromatic amines is 1. The largest absolute Gasteiger partial charge is 0.453 e. The molecule has 0 fully saturated rings. The van der Waals surface area contributed by atoms with Crippen LogP contribution in [0.3, 0.4) is 0 Å². The Morgan fingerprint density at radius 3 is 2.38 bits per heavy atom. The number of fused-ring (bicyclic) bond motifs is 7. The molecule has 122 valence electrons. The maximum absolute atomic E-state index is 5.98. The predicted molar refractivity (Wildman–Crippen MR) is 102 cm³/mol. The average molecular weight is 336 g/mol. The van der Waals surface area contributed by atoms with E-state index in [9.17, 15) is 0 Å². The zero-order chi connectivity index (χ0) is 17.1. The summed E-state index contributed by atoms with van der Waals surface area (Å²) in [7, 11) is 0. The maximum Gasteiger partial charge on any atom is 0.174 e. The smallest absolute Gasteiger partial charge is 0.174 e. The summed E-state index contributed by atoms with van der Waals surface area (Å²) in [6.45, 7) is 0. The van der Waals surface area contributed by atoms with Crippen LogP contribution in [0.15, 0.2) is 71.4 Å². The summed E-state index contributed by atoms with van der Waals surface area (Å²) in [5, 5.41) is 3.04. The fraction of sp³-hybridized carbons (Fsp3) is 0. The number of hydrogen-bond acceptors (Lipinski definition) is 4. The van der Waals surface area contributed by atoms with Gasteiger partial charge in [-0.1, -0.05) is 18.2 Å². The van der Waals surface area contributed by atoms with E-state index in [2.05, 4.69) is 15.0 Å². The van der Waals surface area contributed by atoms with Gasteiger partial charge in [-0.2, -0.15) is 0 Å². The third-order valence-electron chi connectivity index (χ3n) is 4.73. The van der Waals surface area contributed by atoms with Crippen molar-refractivity contribution < 1.29 is 4.42 Å². The molecular weight excluding hydrogens is 324 g/mol. The lowest BCUT2D eigenvalue weighted by Crippen LogP contribution is -1.86. The molecular formula is C21H12N4O. The Hall–Kier alpha value is -3.73. The molecule has 0 saturated carbocycles. The van der Waals surface area contributed by atoms with Crippen LogP contribution in [0, 0.1) is 0 Å². The Morgan fingerprint density at radius 2 is 1.54 bits per heavy atom. The zero-order valence-corrected chi connectivity index (χ0v) is 13.6. The molecule has 6 rings (SSSR count). The highest BCUT2D eigenvalue weighted by Gasteiger charge is 2.16. The topological polar surface area (TPSA) is 67.6 Å². The van der Waals surface area contributed by atoms with Crippen LogP contribution in [-0.4, -0.2) is 19.9 Å². The van der Waals surface area contributed by atoms with E-state index in [4.69, 9.17) is 9.40 Å². The first-order chi connectivity index (χ1) is 12.9.